The number of hydrazone groups is 1. The molecule has 8 heteroatoms. The second kappa shape index (κ2) is 8.15. The van der Waals surface area contributed by atoms with Gasteiger partial charge in [0.15, 0.2) is 0 Å². The number of fused-ring (bicyclic) bond motifs is 1. The molecule has 5 rings (SSSR count). The van der Waals surface area contributed by atoms with Crippen LogP contribution in [0.2, 0.25) is 0 Å². The van der Waals surface area contributed by atoms with Gasteiger partial charge in [0.1, 0.15) is 5.76 Å². The minimum absolute atomic E-state index is 0.154. The van der Waals surface area contributed by atoms with Gasteiger partial charge >= 0.3 is 5.97 Å². The summed E-state index contributed by atoms with van der Waals surface area (Å²) < 4.78 is 7.43. The first-order valence-electron chi connectivity index (χ1n) is 10.8. The molecule has 0 aliphatic carbocycles. The first-order chi connectivity index (χ1) is 16.3. The Morgan fingerprint density at radius 2 is 1.85 bits per heavy atom. The van der Waals surface area contributed by atoms with Crippen LogP contribution in [0.15, 0.2) is 69.9 Å². The smallest absolute Gasteiger partial charge is 0.335 e. The number of benzene rings is 2. The second-order valence-corrected chi connectivity index (χ2v) is 8.28. The van der Waals surface area contributed by atoms with Gasteiger partial charge in [-0.05, 0) is 74.9 Å². The van der Waals surface area contributed by atoms with Crippen LogP contribution in [0.4, 0.5) is 5.69 Å². The van der Waals surface area contributed by atoms with Crippen molar-refractivity contribution in [2.45, 2.75) is 27.3 Å². The molecule has 170 valence electrons. The van der Waals surface area contributed by atoms with Gasteiger partial charge in [-0.15, -0.1) is 0 Å². The molecule has 2 aromatic carbocycles. The predicted octanol–water partition coefficient (Wildman–Crippen LogP) is 4.80. The molecule has 34 heavy (non-hydrogen) atoms. The average Bonchev–Trinajstić information content (AvgIpc) is 3.46. The number of aromatic nitrogens is 2. The summed E-state index contributed by atoms with van der Waals surface area (Å²) in [5, 5.41) is 19.9. The standard InChI is InChI=1S/C26H22N4O4/c1-15-22(25(31)30(27-15)21-7-5-19(6-8-21)26(32)33)13-18-4-9-24-20(12-18)10-11-29(24)14-23-16(2)28-34-17(23)3/h4-13H,14H2,1-3H3,(H,32,33)/b22-13-. The summed E-state index contributed by atoms with van der Waals surface area (Å²) in [5.41, 5.74) is 5.70. The molecule has 0 bridgehead atoms. The number of aromatic carboxylic acids is 1. The van der Waals surface area contributed by atoms with Crippen LogP contribution in [-0.4, -0.2) is 32.4 Å². The second-order valence-electron chi connectivity index (χ2n) is 8.28. The molecule has 1 aliphatic heterocycles. The molecule has 0 atom stereocenters. The number of hydrogen-bond acceptors (Lipinski definition) is 5. The maximum atomic E-state index is 13.1. The van der Waals surface area contributed by atoms with Gasteiger partial charge < -0.3 is 14.2 Å². The molecule has 0 saturated heterocycles. The summed E-state index contributed by atoms with van der Waals surface area (Å²) in [4.78, 5) is 24.1. The van der Waals surface area contributed by atoms with Gasteiger partial charge in [-0.3, -0.25) is 4.79 Å². The number of carbonyl (C=O) groups is 2. The summed E-state index contributed by atoms with van der Waals surface area (Å²) >= 11 is 0. The Labute approximate surface area is 195 Å². The van der Waals surface area contributed by atoms with Crippen LogP contribution in [-0.2, 0) is 11.3 Å². The Bertz CT molecular complexity index is 1490. The SMILES string of the molecule is CC1=NN(c2ccc(C(=O)O)cc2)C(=O)/C1=C\c1ccc2c(ccn2Cc2c(C)noc2C)c1. The van der Waals surface area contributed by atoms with Gasteiger partial charge in [-0.1, -0.05) is 11.2 Å². The van der Waals surface area contributed by atoms with E-state index in [2.05, 4.69) is 14.8 Å². The van der Waals surface area contributed by atoms with Gasteiger partial charge in [0.2, 0.25) is 0 Å². The number of carbonyl (C=O) groups excluding carboxylic acids is 1. The molecule has 0 fully saturated rings. The topological polar surface area (TPSA) is 101 Å². The number of carboxylic acid groups (broad SMARTS) is 1. The maximum absolute atomic E-state index is 13.1. The molecule has 0 unspecified atom stereocenters. The number of amides is 1. The zero-order valence-corrected chi connectivity index (χ0v) is 18.9. The third kappa shape index (κ3) is 3.69. The van der Waals surface area contributed by atoms with Gasteiger partial charge in [0, 0.05) is 22.7 Å². The number of nitrogens with zero attached hydrogens (tertiary/aromatic N) is 4. The van der Waals surface area contributed by atoms with Crippen molar-refractivity contribution in [2.24, 2.45) is 5.10 Å². The number of rotatable bonds is 5. The Morgan fingerprint density at radius 3 is 2.53 bits per heavy atom. The van der Waals surface area contributed by atoms with E-state index in [-0.39, 0.29) is 11.5 Å². The zero-order valence-electron chi connectivity index (χ0n) is 18.9. The van der Waals surface area contributed by atoms with E-state index in [0.29, 0.717) is 23.5 Å². The fourth-order valence-electron chi connectivity index (χ4n) is 4.12. The minimum atomic E-state index is -1.02. The lowest BCUT2D eigenvalue weighted by Gasteiger charge is -2.11. The molecule has 2 aromatic heterocycles. The van der Waals surface area contributed by atoms with Crippen molar-refractivity contribution >= 4 is 40.3 Å². The van der Waals surface area contributed by atoms with Crippen molar-refractivity contribution in [1.29, 1.82) is 0 Å². The van der Waals surface area contributed by atoms with Crippen LogP contribution < -0.4 is 5.01 Å². The zero-order chi connectivity index (χ0) is 24.0. The quantitative estimate of drug-likeness (QED) is 0.437. The lowest BCUT2D eigenvalue weighted by Crippen LogP contribution is -2.21. The van der Waals surface area contributed by atoms with Crippen LogP contribution in [0.5, 0.6) is 0 Å². The lowest BCUT2D eigenvalue weighted by molar-refractivity contribution is -0.114. The molecule has 4 aromatic rings. The third-order valence-electron chi connectivity index (χ3n) is 6.04. The van der Waals surface area contributed by atoms with Crippen molar-refractivity contribution < 1.29 is 19.2 Å². The van der Waals surface area contributed by atoms with E-state index < -0.39 is 5.97 Å². The van der Waals surface area contributed by atoms with Crippen molar-refractivity contribution in [3.8, 4) is 0 Å². The lowest BCUT2D eigenvalue weighted by atomic mass is 10.1. The molecule has 0 spiro atoms. The molecule has 1 N–H and O–H groups in total. The highest BCUT2D eigenvalue weighted by Gasteiger charge is 2.28. The Kier molecular flexibility index (Phi) is 5.13. The molecule has 0 saturated carbocycles. The fraction of sp³-hybridized carbons (Fsp3) is 0.154. The van der Waals surface area contributed by atoms with Crippen molar-refractivity contribution in [1.82, 2.24) is 9.72 Å². The van der Waals surface area contributed by atoms with Crippen LogP contribution in [0.1, 0.15) is 39.9 Å². The summed E-state index contributed by atoms with van der Waals surface area (Å²) in [6.45, 7) is 6.31. The maximum Gasteiger partial charge on any atom is 0.335 e. The van der Waals surface area contributed by atoms with Crippen molar-refractivity contribution in [3.05, 3.63) is 88.4 Å². The highest BCUT2D eigenvalue weighted by Crippen LogP contribution is 2.27. The fourth-order valence-corrected chi connectivity index (χ4v) is 4.12. The summed E-state index contributed by atoms with van der Waals surface area (Å²) in [5.74, 6) is -0.454. The molecule has 1 aliphatic rings. The Balaban J connectivity index is 1.41. The first kappa shape index (κ1) is 21.4. The largest absolute Gasteiger partial charge is 0.478 e. The molecule has 1 amide bonds. The number of anilines is 1. The van der Waals surface area contributed by atoms with Crippen molar-refractivity contribution in [2.75, 3.05) is 5.01 Å². The Hall–Kier alpha value is -4.46. The molecule has 0 radical (unpaired) electrons. The van der Waals surface area contributed by atoms with E-state index >= 15 is 0 Å². The van der Waals surface area contributed by atoms with E-state index in [0.717, 1.165) is 33.5 Å². The summed E-state index contributed by atoms with van der Waals surface area (Å²) in [6.07, 6.45) is 3.86. The highest BCUT2D eigenvalue weighted by molar-refractivity contribution is 6.32. The number of carboxylic acids is 1. The highest BCUT2D eigenvalue weighted by atomic mass is 16.5. The van der Waals surface area contributed by atoms with Gasteiger partial charge in [0.25, 0.3) is 5.91 Å². The molecular formula is C26H22N4O4. The molecular weight excluding hydrogens is 432 g/mol. The van der Waals surface area contributed by atoms with Crippen LogP contribution in [0.25, 0.3) is 17.0 Å². The van der Waals surface area contributed by atoms with E-state index in [4.69, 9.17) is 9.63 Å². The van der Waals surface area contributed by atoms with Crippen LogP contribution in [0.3, 0.4) is 0 Å². The predicted molar refractivity (Wildman–Crippen MR) is 129 cm³/mol. The van der Waals surface area contributed by atoms with Crippen LogP contribution in [0, 0.1) is 13.8 Å². The van der Waals surface area contributed by atoms with E-state index in [1.807, 2.05) is 50.4 Å². The molecule has 3 heterocycles. The van der Waals surface area contributed by atoms with Crippen LogP contribution >= 0.6 is 0 Å². The minimum Gasteiger partial charge on any atom is -0.478 e. The molecule has 8 nitrogen and oxygen atoms in total. The monoisotopic (exact) mass is 454 g/mol. The van der Waals surface area contributed by atoms with Crippen molar-refractivity contribution in [3.63, 3.8) is 0 Å². The van der Waals surface area contributed by atoms with E-state index in [9.17, 15) is 9.59 Å². The van der Waals surface area contributed by atoms with E-state index in [1.165, 1.54) is 17.1 Å². The van der Waals surface area contributed by atoms with Gasteiger partial charge in [0.05, 0.1) is 34.8 Å². The van der Waals surface area contributed by atoms with Gasteiger partial charge in [-0.2, -0.15) is 10.1 Å². The summed E-state index contributed by atoms with van der Waals surface area (Å²) in [6, 6.07) is 14.2. The normalized spacial score (nSPS) is 14.9. The number of aryl methyl sites for hydroxylation is 2. The third-order valence-corrected chi connectivity index (χ3v) is 6.04. The summed E-state index contributed by atoms with van der Waals surface area (Å²) in [7, 11) is 0. The average molecular weight is 454 g/mol. The van der Waals surface area contributed by atoms with Gasteiger partial charge in [-0.25, -0.2) is 4.79 Å². The van der Waals surface area contributed by atoms with E-state index in [1.54, 1.807) is 19.1 Å². The Morgan fingerprint density at radius 1 is 1.09 bits per heavy atom. The first-order valence-corrected chi connectivity index (χ1v) is 10.8. The number of hydrogen-bond donors (Lipinski definition) is 1.